The number of aromatic nitrogens is 5. The average molecular weight is 461 g/mol. The lowest BCUT2D eigenvalue weighted by Crippen LogP contribution is -2.36. The van der Waals surface area contributed by atoms with Crippen molar-refractivity contribution in [2.75, 3.05) is 5.32 Å². The highest BCUT2D eigenvalue weighted by molar-refractivity contribution is 6.31. The standard InChI is InChI=1S/C18H14ClF5N6O/c1-16(2)12-13(25-14(16)31)26-15(28-27-12)30-11-7-8(19)3-4-9(11)10(29-30)5-6-17(20,21)18(22,23)24/h3-4,7H,5-6H2,1-2H3,(H,25,26,28,31). The van der Waals surface area contributed by atoms with Gasteiger partial charge < -0.3 is 5.32 Å². The van der Waals surface area contributed by atoms with Gasteiger partial charge in [0, 0.05) is 16.8 Å². The maximum Gasteiger partial charge on any atom is 0.453 e. The number of amides is 1. The molecule has 0 saturated carbocycles. The van der Waals surface area contributed by atoms with E-state index in [0.717, 1.165) is 4.68 Å². The van der Waals surface area contributed by atoms with Crippen LogP contribution in [0, 0.1) is 0 Å². The second kappa shape index (κ2) is 6.81. The van der Waals surface area contributed by atoms with E-state index in [1.54, 1.807) is 13.8 Å². The molecule has 13 heteroatoms. The second-order valence-corrected chi connectivity index (χ2v) is 8.05. The van der Waals surface area contributed by atoms with Crippen molar-refractivity contribution in [2.45, 2.75) is 44.2 Å². The van der Waals surface area contributed by atoms with Crippen LogP contribution in [0.2, 0.25) is 5.02 Å². The van der Waals surface area contributed by atoms with Gasteiger partial charge in [-0.1, -0.05) is 11.6 Å². The summed E-state index contributed by atoms with van der Waals surface area (Å²) in [6, 6.07) is 4.38. The van der Waals surface area contributed by atoms with E-state index in [-0.39, 0.29) is 28.4 Å². The van der Waals surface area contributed by atoms with Crippen LogP contribution < -0.4 is 5.32 Å². The average Bonchev–Trinajstić information content (AvgIpc) is 3.13. The summed E-state index contributed by atoms with van der Waals surface area (Å²) in [5.74, 6) is -5.13. The van der Waals surface area contributed by atoms with Crippen LogP contribution in [0.25, 0.3) is 16.9 Å². The second-order valence-electron chi connectivity index (χ2n) is 7.61. The minimum Gasteiger partial charge on any atom is -0.308 e. The number of carbonyl (C=O) groups is 1. The first-order valence-corrected chi connectivity index (χ1v) is 9.38. The van der Waals surface area contributed by atoms with E-state index in [2.05, 4.69) is 25.6 Å². The number of carbonyl (C=O) groups excluding carboxylic acids is 1. The number of halogens is 6. The van der Waals surface area contributed by atoms with Crippen molar-refractivity contribution in [2.24, 2.45) is 0 Å². The van der Waals surface area contributed by atoms with Gasteiger partial charge in [0.05, 0.1) is 16.6 Å². The number of nitrogens with one attached hydrogen (secondary N) is 1. The molecule has 164 valence electrons. The molecule has 0 spiro atoms. The highest BCUT2D eigenvalue weighted by Gasteiger charge is 2.56. The van der Waals surface area contributed by atoms with Crippen LogP contribution in [0.15, 0.2) is 18.2 Å². The lowest BCUT2D eigenvalue weighted by Gasteiger charge is -2.18. The van der Waals surface area contributed by atoms with Crippen molar-refractivity contribution < 1.29 is 26.7 Å². The Labute approximate surface area is 176 Å². The minimum atomic E-state index is -5.66. The first-order valence-electron chi connectivity index (χ1n) is 9.00. The van der Waals surface area contributed by atoms with Crippen LogP contribution in [-0.4, -0.2) is 43.0 Å². The number of nitrogens with zero attached hydrogens (tertiary/aromatic N) is 5. The molecule has 0 atom stereocenters. The Hall–Kier alpha value is -2.89. The van der Waals surface area contributed by atoms with Gasteiger partial charge in [0.15, 0.2) is 5.82 Å². The molecule has 3 aromatic rings. The fraction of sp³-hybridized carbons (Fsp3) is 0.389. The van der Waals surface area contributed by atoms with Gasteiger partial charge in [-0.25, -0.2) is 0 Å². The summed E-state index contributed by atoms with van der Waals surface area (Å²) in [6.45, 7) is 3.29. The molecule has 1 amide bonds. The number of hydrogen-bond donors (Lipinski definition) is 1. The van der Waals surface area contributed by atoms with E-state index in [1.807, 2.05) is 0 Å². The van der Waals surface area contributed by atoms with Crippen LogP contribution in [0.1, 0.15) is 31.7 Å². The third-order valence-corrected chi connectivity index (χ3v) is 5.30. The summed E-state index contributed by atoms with van der Waals surface area (Å²) >= 11 is 6.02. The molecule has 0 unspecified atom stereocenters. The minimum absolute atomic E-state index is 0.0101. The molecule has 4 rings (SSSR count). The van der Waals surface area contributed by atoms with E-state index in [4.69, 9.17) is 11.6 Å². The van der Waals surface area contributed by atoms with Crippen LogP contribution in [0.5, 0.6) is 0 Å². The third-order valence-electron chi connectivity index (χ3n) is 5.07. The maximum atomic E-state index is 13.4. The first kappa shape index (κ1) is 21.3. The number of benzene rings is 1. The number of fused-ring (bicyclic) bond motifs is 2. The van der Waals surface area contributed by atoms with Crippen molar-refractivity contribution in [1.29, 1.82) is 0 Å². The lowest BCUT2D eigenvalue weighted by molar-refractivity contribution is -0.284. The topological polar surface area (TPSA) is 85.6 Å². The van der Waals surface area contributed by atoms with E-state index in [9.17, 15) is 26.7 Å². The molecule has 1 aliphatic heterocycles. The van der Waals surface area contributed by atoms with Gasteiger partial charge in [0.25, 0.3) is 5.95 Å². The van der Waals surface area contributed by atoms with Crippen LogP contribution in [0.3, 0.4) is 0 Å². The molecular weight excluding hydrogens is 447 g/mol. The zero-order chi connectivity index (χ0) is 22.8. The van der Waals surface area contributed by atoms with Crippen molar-refractivity contribution in [3.63, 3.8) is 0 Å². The predicted molar refractivity (Wildman–Crippen MR) is 100 cm³/mol. The largest absolute Gasteiger partial charge is 0.453 e. The van der Waals surface area contributed by atoms with Gasteiger partial charge in [0.2, 0.25) is 5.91 Å². The summed E-state index contributed by atoms with van der Waals surface area (Å²) in [7, 11) is 0. The first-order chi connectivity index (χ1) is 14.3. The van der Waals surface area contributed by atoms with Gasteiger partial charge >= 0.3 is 12.1 Å². The Morgan fingerprint density at radius 2 is 1.87 bits per heavy atom. The summed E-state index contributed by atoms with van der Waals surface area (Å²) in [4.78, 5) is 16.3. The Bertz CT molecular complexity index is 1210. The number of hydrogen-bond acceptors (Lipinski definition) is 5. The van der Waals surface area contributed by atoms with E-state index >= 15 is 0 Å². The number of aryl methyl sites for hydroxylation is 1. The Morgan fingerprint density at radius 1 is 1.16 bits per heavy atom. The molecule has 31 heavy (non-hydrogen) atoms. The SMILES string of the molecule is CC1(C)C(=O)Nc2nc(-n3nc(CCC(F)(F)C(F)(F)F)c4ccc(Cl)cc43)nnc21. The van der Waals surface area contributed by atoms with Gasteiger partial charge in [0.1, 0.15) is 5.69 Å². The number of alkyl halides is 5. The molecule has 2 aromatic heterocycles. The van der Waals surface area contributed by atoms with Gasteiger partial charge in [-0.15, -0.1) is 10.2 Å². The predicted octanol–water partition coefficient (Wildman–Crippen LogP) is 4.22. The normalized spacial score (nSPS) is 15.9. The molecule has 1 aromatic carbocycles. The highest BCUT2D eigenvalue weighted by atomic mass is 35.5. The van der Waals surface area contributed by atoms with Crippen molar-refractivity contribution >= 4 is 34.2 Å². The lowest BCUT2D eigenvalue weighted by atomic mass is 9.91. The Kier molecular flexibility index (Phi) is 4.69. The summed E-state index contributed by atoms with van der Waals surface area (Å²) < 4.78 is 65.6. The quantitative estimate of drug-likeness (QED) is 0.589. The third kappa shape index (κ3) is 3.48. The molecule has 0 radical (unpaired) electrons. The molecular formula is C18H14ClF5N6O. The van der Waals surface area contributed by atoms with Crippen molar-refractivity contribution in [3.8, 4) is 5.95 Å². The maximum absolute atomic E-state index is 13.4. The fourth-order valence-corrected chi connectivity index (χ4v) is 3.36. The number of rotatable bonds is 4. The van der Waals surface area contributed by atoms with E-state index in [0.29, 0.717) is 16.6 Å². The molecule has 0 fully saturated rings. The smallest absolute Gasteiger partial charge is 0.308 e. The van der Waals surface area contributed by atoms with E-state index < -0.39 is 30.4 Å². The molecule has 1 aliphatic rings. The van der Waals surface area contributed by atoms with Gasteiger partial charge in [-0.2, -0.15) is 36.7 Å². The van der Waals surface area contributed by atoms with Crippen LogP contribution >= 0.6 is 11.6 Å². The molecule has 1 N–H and O–H groups in total. The zero-order valence-electron chi connectivity index (χ0n) is 16.1. The van der Waals surface area contributed by atoms with Crippen molar-refractivity contribution in [1.82, 2.24) is 25.0 Å². The summed E-state index contributed by atoms with van der Waals surface area (Å²) in [6.07, 6.45) is -7.79. The fourth-order valence-electron chi connectivity index (χ4n) is 3.19. The Balaban J connectivity index is 1.77. The zero-order valence-corrected chi connectivity index (χ0v) is 16.8. The molecule has 3 heterocycles. The molecule has 0 saturated heterocycles. The number of anilines is 1. The summed E-state index contributed by atoms with van der Waals surface area (Å²) in [5, 5.41) is 15.3. The van der Waals surface area contributed by atoms with Gasteiger partial charge in [-0.3, -0.25) is 4.79 Å². The molecule has 0 bridgehead atoms. The molecule has 7 nitrogen and oxygen atoms in total. The molecule has 0 aliphatic carbocycles. The van der Waals surface area contributed by atoms with Crippen molar-refractivity contribution in [3.05, 3.63) is 34.6 Å². The Morgan fingerprint density at radius 3 is 2.55 bits per heavy atom. The summed E-state index contributed by atoms with van der Waals surface area (Å²) in [5.41, 5.74) is -0.342. The van der Waals surface area contributed by atoms with Crippen LogP contribution in [-0.2, 0) is 16.6 Å². The monoisotopic (exact) mass is 460 g/mol. The highest BCUT2D eigenvalue weighted by Crippen LogP contribution is 2.39. The van der Waals surface area contributed by atoms with Gasteiger partial charge in [-0.05, 0) is 38.5 Å². The van der Waals surface area contributed by atoms with Crippen LogP contribution in [0.4, 0.5) is 27.8 Å². The van der Waals surface area contributed by atoms with E-state index in [1.165, 1.54) is 18.2 Å².